The van der Waals surface area contributed by atoms with Crippen LogP contribution in [0.15, 0.2) is 82.2 Å². The number of amides is 1. The summed E-state index contributed by atoms with van der Waals surface area (Å²) in [6.07, 6.45) is 0.513. The van der Waals surface area contributed by atoms with Crippen molar-refractivity contribution in [3.05, 3.63) is 95.1 Å². The predicted molar refractivity (Wildman–Crippen MR) is 140 cm³/mol. The van der Waals surface area contributed by atoms with Crippen LogP contribution in [0, 0.1) is 0 Å². The molecule has 1 heterocycles. The van der Waals surface area contributed by atoms with Crippen LogP contribution in [0.5, 0.6) is 5.75 Å². The highest BCUT2D eigenvalue weighted by molar-refractivity contribution is 7.92. The number of hydrogen-bond acceptors (Lipinski definition) is 7. The van der Waals surface area contributed by atoms with Gasteiger partial charge in [0.25, 0.3) is 15.9 Å². The van der Waals surface area contributed by atoms with Gasteiger partial charge in [-0.05, 0) is 48.0 Å². The second kappa shape index (κ2) is 11.4. The average Bonchev–Trinajstić information content (AvgIpc) is 3.34. The lowest BCUT2D eigenvalue weighted by Crippen LogP contribution is -2.20. The summed E-state index contributed by atoms with van der Waals surface area (Å²) in [6.45, 7) is 3.66. The molecule has 2 N–H and O–H groups in total. The minimum absolute atomic E-state index is 0.0282. The molecule has 37 heavy (non-hydrogen) atoms. The summed E-state index contributed by atoms with van der Waals surface area (Å²) in [4.78, 5) is 16.7. The quantitative estimate of drug-likeness (QED) is 0.281. The molecule has 11 heteroatoms. The van der Waals surface area contributed by atoms with Gasteiger partial charge < -0.3 is 14.6 Å². The lowest BCUT2D eigenvalue weighted by atomic mass is 10.1. The van der Waals surface area contributed by atoms with E-state index in [4.69, 9.17) is 20.9 Å². The molecule has 0 aliphatic carbocycles. The number of benzene rings is 3. The van der Waals surface area contributed by atoms with Gasteiger partial charge in [0.2, 0.25) is 5.89 Å². The van der Waals surface area contributed by atoms with E-state index in [0.29, 0.717) is 29.5 Å². The van der Waals surface area contributed by atoms with Gasteiger partial charge in [-0.3, -0.25) is 9.52 Å². The van der Waals surface area contributed by atoms with Crippen LogP contribution in [0.2, 0.25) is 5.02 Å². The van der Waals surface area contributed by atoms with Gasteiger partial charge in [-0.2, -0.15) is 4.98 Å². The third-order valence-electron chi connectivity index (χ3n) is 5.18. The second-order valence-electron chi connectivity index (χ2n) is 8.48. The number of para-hydroxylation sites is 1. The zero-order valence-electron chi connectivity index (χ0n) is 20.1. The number of sulfonamides is 1. The van der Waals surface area contributed by atoms with Crippen LogP contribution >= 0.6 is 11.6 Å². The summed E-state index contributed by atoms with van der Waals surface area (Å²) < 4.78 is 38.4. The van der Waals surface area contributed by atoms with E-state index in [9.17, 15) is 13.2 Å². The Morgan fingerprint density at radius 3 is 2.41 bits per heavy atom. The molecule has 0 spiro atoms. The first kappa shape index (κ1) is 26.2. The minimum Gasteiger partial charge on any atom is -0.482 e. The SMILES string of the molecule is CC(C)c1nc(Cc2ccc(NC(=O)COc3ccc(S(=O)(=O)Nc4ccccc4)cc3Cl)cc2)no1. The molecule has 0 atom stereocenters. The van der Waals surface area contributed by atoms with E-state index < -0.39 is 15.9 Å². The Morgan fingerprint density at radius 2 is 1.76 bits per heavy atom. The fourth-order valence-corrected chi connectivity index (χ4v) is 4.67. The second-order valence-corrected chi connectivity index (χ2v) is 10.6. The number of aromatic nitrogens is 2. The number of halogens is 1. The molecule has 1 amide bonds. The highest BCUT2D eigenvalue weighted by Crippen LogP contribution is 2.28. The van der Waals surface area contributed by atoms with E-state index in [-0.39, 0.29) is 28.2 Å². The highest BCUT2D eigenvalue weighted by Gasteiger charge is 2.17. The van der Waals surface area contributed by atoms with Crippen LogP contribution in [-0.4, -0.2) is 31.1 Å². The largest absolute Gasteiger partial charge is 0.482 e. The molecular weight excluding hydrogens is 516 g/mol. The maximum atomic E-state index is 12.6. The van der Waals surface area contributed by atoms with Crippen LogP contribution in [0.1, 0.15) is 37.0 Å². The van der Waals surface area contributed by atoms with Crippen LogP contribution < -0.4 is 14.8 Å². The van der Waals surface area contributed by atoms with Crippen LogP contribution in [0.4, 0.5) is 11.4 Å². The Balaban J connectivity index is 1.30. The van der Waals surface area contributed by atoms with Gasteiger partial charge >= 0.3 is 0 Å². The maximum Gasteiger partial charge on any atom is 0.262 e. The molecule has 0 unspecified atom stereocenters. The summed E-state index contributed by atoms with van der Waals surface area (Å²) in [5.74, 6) is 1.15. The van der Waals surface area contributed by atoms with E-state index in [1.165, 1.54) is 18.2 Å². The molecule has 0 radical (unpaired) electrons. The molecule has 0 bridgehead atoms. The molecule has 4 aromatic rings. The molecule has 0 fully saturated rings. The normalized spacial score (nSPS) is 11.4. The Morgan fingerprint density at radius 1 is 1.03 bits per heavy atom. The first-order valence-corrected chi connectivity index (χ1v) is 13.3. The standard InChI is InChI=1S/C26H25ClN4O5S/c1-17(2)26-29-24(30-36-26)14-18-8-10-19(11-9-18)28-25(32)16-35-23-13-12-21(15-22(23)27)37(33,34)31-20-6-4-3-5-7-20/h3-13,15,17,31H,14,16H2,1-2H3,(H,28,32). The summed E-state index contributed by atoms with van der Waals surface area (Å²) in [5, 5.41) is 6.79. The highest BCUT2D eigenvalue weighted by atomic mass is 35.5. The summed E-state index contributed by atoms with van der Waals surface area (Å²) in [5.41, 5.74) is 1.99. The van der Waals surface area contributed by atoms with Crippen LogP contribution in [-0.2, 0) is 21.2 Å². The van der Waals surface area contributed by atoms with Crippen molar-refractivity contribution < 1.29 is 22.5 Å². The van der Waals surface area contributed by atoms with Crippen molar-refractivity contribution in [2.45, 2.75) is 31.1 Å². The topological polar surface area (TPSA) is 123 Å². The van der Waals surface area contributed by atoms with Crippen LogP contribution in [0.25, 0.3) is 0 Å². The molecule has 9 nitrogen and oxygen atoms in total. The predicted octanol–water partition coefficient (Wildman–Crippen LogP) is 5.26. The summed E-state index contributed by atoms with van der Waals surface area (Å²) in [6, 6.07) is 19.8. The number of nitrogens with one attached hydrogen (secondary N) is 2. The third-order valence-corrected chi connectivity index (χ3v) is 6.85. The summed E-state index contributed by atoms with van der Waals surface area (Å²) in [7, 11) is -3.83. The first-order chi connectivity index (χ1) is 17.7. The van der Waals surface area contributed by atoms with E-state index >= 15 is 0 Å². The van der Waals surface area contributed by atoms with Crippen molar-refractivity contribution in [2.75, 3.05) is 16.6 Å². The smallest absolute Gasteiger partial charge is 0.262 e. The zero-order valence-corrected chi connectivity index (χ0v) is 21.7. The Labute approximate surface area is 219 Å². The van der Waals surface area contributed by atoms with Crippen molar-refractivity contribution >= 4 is 38.9 Å². The number of rotatable bonds is 10. The van der Waals surface area contributed by atoms with E-state index in [2.05, 4.69) is 20.2 Å². The monoisotopic (exact) mass is 540 g/mol. The van der Waals surface area contributed by atoms with Crippen molar-refractivity contribution in [3.63, 3.8) is 0 Å². The van der Waals surface area contributed by atoms with Crippen molar-refractivity contribution in [2.24, 2.45) is 0 Å². The van der Waals surface area contributed by atoms with Gasteiger partial charge in [-0.25, -0.2) is 8.42 Å². The van der Waals surface area contributed by atoms with E-state index in [1.807, 2.05) is 26.0 Å². The third kappa shape index (κ3) is 7.08. The van der Waals surface area contributed by atoms with E-state index in [0.717, 1.165) is 5.56 Å². The van der Waals surface area contributed by atoms with Gasteiger partial charge in [0.05, 0.1) is 9.92 Å². The number of carbonyl (C=O) groups is 1. The fraction of sp³-hybridized carbons (Fsp3) is 0.192. The van der Waals surface area contributed by atoms with Gasteiger partial charge in [-0.15, -0.1) is 0 Å². The van der Waals surface area contributed by atoms with Crippen LogP contribution in [0.3, 0.4) is 0 Å². The molecule has 0 aliphatic rings. The molecule has 4 rings (SSSR count). The zero-order chi connectivity index (χ0) is 26.4. The number of carbonyl (C=O) groups excluding carboxylic acids is 1. The summed E-state index contributed by atoms with van der Waals surface area (Å²) >= 11 is 6.22. The number of ether oxygens (including phenoxy) is 1. The number of hydrogen-bond donors (Lipinski definition) is 2. The lowest BCUT2D eigenvalue weighted by Gasteiger charge is -2.12. The Bertz CT molecular complexity index is 1470. The van der Waals surface area contributed by atoms with E-state index in [1.54, 1.807) is 42.5 Å². The molecule has 3 aromatic carbocycles. The van der Waals surface area contributed by atoms with Gasteiger partial charge in [-0.1, -0.05) is 60.9 Å². The van der Waals surface area contributed by atoms with Crippen molar-refractivity contribution in [1.29, 1.82) is 0 Å². The minimum atomic E-state index is -3.83. The Hall–Kier alpha value is -3.89. The van der Waals surface area contributed by atoms with Gasteiger partial charge in [0.15, 0.2) is 12.4 Å². The molecule has 192 valence electrons. The van der Waals surface area contributed by atoms with Gasteiger partial charge in [0, 0.05) is 23.7 Å². The average molecular weight is 541 g/mol. The Kier molecular flexibility index (Phi) is 8.10. The molecular formula is C26H25ClN4O5S. The molecule has 0 saturated carbocycles. The van der Waals surface area contributed by atoms with Crippen molar-refractivity contribution in [3.8, 4) is 5.75 Å². The maximum absolute atomic E-state index is 12.6. The number of nitrogens with zero attached hydrogens (tertiary/aromatic N) is 2. The van der Waals surface area contributed by atoms with Gasteiger partial charge in [0.1, 0.15) is 5.75 Å². The fourth-order valence-electron chi connectivity index (χ4n) is 3.29. The number of anilines is 2. The molecule has 1 aromatic heterocycles. The van der Waals surface area contributed by atoms with Crippen molar-refractivity contribution in [1.82, 2.24) is 10.1 Å². The molecule has 0 saturated heterocycles. The molecule has 0 aliphatic heterocycles. The first-order valence-electron chi connectivity index (χ1n) is 11.4. The lowest BCUT2D eigenvalue weighted by molar-refractivity contribution is -0.118.